The Morgan fingerprint density at radius 1 is 1.25 bits per heavy atom. The van der Waals surface area contributed by atoms with Gasteiger partial charge in [-0.05, 0) is 19.4 Å². The van der Waals surface area contributed by atoms with Gasteiger partial charge in [0.1, 0.15) is 5.92 Å². The molecular weight excluding hydrogens is 368 g/mol. The molecule has 0 aliphatic carbocycles. The van der Waals surface area contributed by atoms with Crippen molar-refractivity contribution in [3.05, 3.63) is 51.2 Å². The summed E-state index contributed by atoms with van der Waals surface area (Å²) in [6.45, 7) is 4.48. The molecule has 3 rings (SSSR count). The summed E-state index contributed by atoms with van der Waals surface area (Å²) in [5, 5.41) is 11.0. The molecule has 0 N–H and O–H groups in total. The lowest BCUT2D eigenvalue weighted by molar-refractivity contribution is -0.384. The lowest BCUT2D eigenvalue weighted by atomic mass is 9.71. The molecule has 150 valence electrons. The van der Waals surface area contributed by atoms with E-state index in [2.05, 4.69) is 0 Å². The van der Waals surface area contributed by atoms with Gasteiger partial charge in [0.05, 0.1) is 31.3 Å². The average Bonchev–Trinajstić information content (AvgIpc) is 3.09. The first-order valence-electron chi connectivity index (χ1n) is 8.79. The van der Waals surface area contributed by atoms with Gasteiger partial charge in [-0.15, -0.1) is 0 Å². The van der Waals surface area contributed by atoms with Crippen LogP contribution >= 0.6 is 0 Å². The largest absolute Gasteiger partial charge is 0.469 e. The number of hydrogen-bond acceptors (Lipinski definition) is 8. The van der Waals surface area contributed by atoms with Crippen LogP contribution in [0.1, 0.15) is 25.3 Å². The van der Waals surface area contributed by atoms with E-state index in [4.69, 9.17) is 14.2 Å². The zero-order valence-corrected chi connectivity index (χ0v) is 16.1. The number of allylic oxidation sites excluding steroid dienone is 1. The average molecular weight is 390 g/mol. The molecule has 0 bridgehead atoms. The van der Waals surface area contributed by atoms with Gasteiger partial charge in [0.2, 0.25) is 0 Å². The number of carbonyl (C=O) groups excluding carboxylic acids is 2. The predicted octanol–water partition coefficient (Wildman–Crippen LogP) is 1.98. The highest BCUT2D eigenvalue weighted by Crippen LogP contribution is 2.51. The second-order valence-corrected chi connectivity index (χ2v) is 6.87. The molecule has 1 aromatic rings. The quantitative estimate of drug-likeness (QED) is 0.436. The molecule has 9 nitrogen and oxygen atoms in total. The van der Waals surface area contributed by atoms with Crippen molar-refractivity contribution in [3.8, 4) is 0 Å². The Morgan fingerprint density at radius 3 is 2.43 bits per heavy atom. The Labute approximate surface area is 162 Å². The molecule has 0 amide bonds. The SMILES string of the molecule is COC(=O)C1=C(C)N2CCO[C@@]2(C)[C@@H](C(=O)OC)[C@@H]1c1ccc([N+](=O)[O-])cc1. The molecule has 1 fully saturated rings. The van der Waals surface area contributed by atoms with Crippen LogP contribution in [0, 0.1) is 16.0 Å². The van der Waals surface area contributed by atoms with Crippen LogP contribution in [0.2, 0.25) is 0 Å². The molecule has 28 heavy (non-hydrogen) atoms. The molecular formula is C19H22N2O7. The van der Waals surface area contributed by atoms with E-state index >= 15 is 0 Å². The second kappa shape index (κ2) is 7.23. The van der Waals surface area contributed by atoms with Crippen LogP contribution in [0.5, 0.6) is 0 Å². The van der Waals surface area contributed by atoms with E-state index in [9.17, 15) is 19.7 Å². The molecule has 0 unspecified atom stereocenters. The van der Waals surface area contributed by atoms with Gasteiger partial charge in [0.15, 0.2) is 5.72 Å². The molecule has 2 aliphatic rings. The van der Waals surface area contributed by atoms with E-state index in [1.165, 1.54) is 26.4 Å². The molecule has 1 aromatic carbocycles. The van der Waals surface area contributed by atoms with Crippen LogP contribution in [0.25, 0.3) is 0 Å². The van der Waals surface area contributed by atoms with Gasteiger partial charge >= 0.3 is 11.9 Å². The van der Waals surface area contributed by atoms with Gasteiger partial charge in [-0.3, -0.25) is 14.9 Å². The Hall–Kier alpha value is -2.94. The number of non-ortho nitro benzene ring substituents is 1. The van der Waals surface area contributed by atoms with Gasteiger partial charge in [-0.1, -0.05) is 12.1 Å². The third-order valence-electron chi connectivity index (χ3n) is 5.58. The van der Waals surface area contributed by atoms with Crippen LogP contribution in [-0.2, 0) is 23.8 Å². The number of nitro groups is 1. The fourth-order valence-corrected chi connectivity index (χ4v) is 4.28. The van der Waals surface area contributed by atoms with Crippen molar-refractivity contribution in [1.29, 1.82) is 0 Å². The highest BCUT2D eigenvalue weighted by atomic mass is 16.6. The Morgan fingerprint density at radius 2 is 1.89 bits per heavy atom. The number of ether oxygens (including phenoxy) is 3. The topological polar surface area (TPSA) is 108 Å². The van der Waals surface area contributed by atoms with E-state index in [1.807, 2.05) is 4.90 Å². The first kappa shape index (κ1) is 19.8. The highest BCUT2D eigenvalue weighted by molar-refractivity contribution is 5.93. The van der Waals surface area contributed by atoms with Gasteiger partial charge in [0.25, 0.3) is 5.69 Å². The summed E-state index contributed by atoms with van der Waals surface area (Å²) in [5.74, 6) is -2.70. The first-order valence-corrected chi connectivity index (χ1v) is 8.79. The smallest absolute Gasteiger partial charge is 0.336 e. The van der Waals surface area contributed by atoms with Crippen LogP contribution in [0.3, 0.4) is 0 Å². The Kier molecular flexibility index (Phi) is 5.12. The number of fused-ring (bicyclic) bond motifs is 1. The fraction of sp³-hybridized carbons (Fsp3) is 0.474. The molecule has 9 heteroatoms. The minimum atomic E-state index is -1.01. The summed E-state index contributed by atoms with van der Waals surface area (Å²) >= 11 is 0. The number of hydrogen-bond donors (Lipinski definition) is 0. The van der Waals surface area contributed by atoms with Crippen molar-refractivity contribution < 1.29 is 28.7 Å². The van der Waals surface area contributed by atoms with Crippen molar-refractivity contribution in [1.82, 2.24) is 4.90 Å². The summed E-state index contributed by atoms with van der Waals surface area (Å²) in [6, 6.07) is 5.78. The van der Waals surface area contributed by atoms with Crippen molar-refractivity contribution in [2.45, 2.75) is 25.5 Å². The molecule has 1 saturated heterocycles. The normalized spacial score (nSPS) is 26.6. The fourth-order valence-electron chi connectivity index (χ4n) is 4.28. The monoisotopic (exact) mass is 390 g/mol. The van der Waals surface area contributed by atoms with Crippen molar-refractivity contribution in [2.24, 2.45) is 5.92 Å². The predicted molar refractivity (Wildman–Crippen MR) is 97.1 cm³/mol. The first-order chi connectivity index (χ1) is 13.3. The number of nitro benzene ring substituents is 1. The van der Waals surface area contributed by atoms with E-state index < -0.39 is 34.4 Å². The third kappa shape index (κ3) is 2.91. The number of rotatable bonds is 4. The Balaban J connectivity index is 2.24. The number of carbonyl (C=O) groups is 2. The van der Waals surface area contributed by atoms with Gasteiger partial charge in [-0.25, -0.2) is 4.79 Å². The maximum absolute atomic E-state index is 12.8. The number of esters is 2. The van der Waals surface area contributed by atoms with Crippen LogP contribution in [0.15, 0.2) is 35.5 Å². The minimum absolute atomic E-state index is 0.0838. The van der Waals surface area contributed by atoms with Gasteiger partial charge < -0.3 is 19.1 Å². The van der Waals surface area contributed by atoms with Gasteiger partial charge in [-0.2, -0.15) is 0 Å². The minimum Gasteiger partial charge on any atom is -0.469 e. The van der Waals surface area contributed by atoms with E-state index in [0.29, 0.717) is 30.0 Å². The summed E-state index contributed by atoms with van der Waals surface area (Å²) in [5.41, 5.74) is 0.433. The Bertz CT molecular complexity index is 848. The highest BCUT2D eigenvalue weighted by Gasteiger charge is 2.58. The van der Waals surface area contributed by atoms with E-state index in [1.54, 1.807) is 26.0 Å². The third-order valence-corrected chi connectivity index (χ3v) is 5.58. The van der Waals surface area contributed by atoms with E-state index in [-0.39, 0.29) is 5.69 Å². The van der Waals surface area contributed by atoms with Crippen LogP contribution in [-0.4, -0.2) is 54.9 Å². The second-order valence-electron chi connectivity index (χ2n) is 6.87. The lowest BCUT2D eigenvalue weighted by Gasteiger charge is -2.48. The molecule has 3 atom stereocenters. The summed E-state index contributed by atoms with van der Waals surface area (Å²) in [7, 11) is 2.55. The van der Waals surface area contributed by atoms with Crippen LogP contribution in [0.4, 0.5) is 5.69 Å². The number of methoxy groups -OCH3 is 2. The van der Waals surface area contributed by atoms with Crippen molar-refractivity contribution in [3.63, 3.8) is 0 Å². The maximum atomic E-state index is 12.8. The van der Waals surface area contributed by atoms with Crippen molar-refractivity contribution in [2.75, 3.05) is 27.4 Å². The summed E-state index contributed by atoms with van der Waals surface area (Å²) < 4.78 is 16.0. The lowest BCUT2D eigenvalue weighted by Crippen LogP contribution is -2.57. The zero-order chi connectivity index (χ0) is 20.6. The molecule has 0 radical (unpaired) electrons. The van der Waals surface area contributed by atoms with E-state index in [0.717, 1.165) is 0 Å². The number of benzene rings is 1. The number of nitrogens with zero attached hydrogens (tertiary/aromatic N) is 2. The molecule has 0 saturated carbocycles. The maximum Gasteiger partial charge on any atom is 0.336 e. The van der Waals surface area contributed by atoms with Gasteiger partial charge in [0, 0.05) is 30.3 Å². The standard InChI is InChI=1S/C19H22N2O7/c1-11-14(17(22)26-3)15(12-5-7-13(8-6-12)21(24)25)16(18(23)27-4)19(2)20(11)9-10-28-19/h5-8,15-16H,9-10H2,1-4H3/t15-,16-,19+/m1/s1. The zero-order valence-electron chi connectivity index (χ0n) is 16.1. The molecule has 0 spiro atoms. The van der Waals surface area contributed by atoms with Crippen LogP contribution < -0.4 is 0 Å². The molecule has 2 heterocycles. The van der Waals surface area contributed by atoms with Crippen molar-refractivity contribution >= 4 is 17.6 Å². The molecule has 2 aliphatic heterocycles. The summed E-state index contributed by atoms with van der Waals surface area (Å²) in [6.07, 6.45) is 0. The molecule has 0 aromatic heterocycles. The summed E-state index contributed by atoms with van der Waals surface area (Å²) in [4.78, 5) is 37.9.